The molecule has 138 valence electrons. The molecule has 2 N–H and O–H groups in total. The molecule has 1 aromatic carbocycles. The minimum atomic E-state index is -5.08. The largest absolute Gasteiger partial charge is 0.491 e. The van der Waals surface area contributed by atoms with Gasteiger partial charge >= 0.3 is 12.1 Å². The summed E-state index contributed by atoms with van der Waals surface area (Å²) in [6.45, 7) is 4.11. The highest BCUT2D eigenvalue weighted by Crippen LogP contribution is 2.39. The van der Waals surface area contributed by atoms with Gasteiger partial charge in [-0.15, -0.1) is 0 Å². The number of carboxylic acid groups (broad SMARTS) is 1. The van der Waals surface area contributed by atoms with Crippen LogP contribution in [0.5, 0.6) is 5.75 Å². The van der Waals surface area contributed by atoms with Crippen molar-refractivity contribution in [3.63, 3.8) is 0 Å². The average Bonchev–Trinajstić information content (AvgIpc) is 2.54. The highest BCUT2D eigenvalue weighted by molar-refractivity contribution is 6.00. The monoisotopic (exact) mass is 360 g/mol. The van der Waals surface area contributed by atoms with Gasteiger partial charge in [-0.25, -0.2) is 4.79 Å². The molecular weight excluding hydrogens is 341 g/mol. The molecule has 0 radical (unpaired) electrons. The highest BCUT2D eigenvalue weighted by Gasteiger charge is 2.38. The second-order valence-electron chi connectivity index (χ2n) is 5.34. The van der Waals surface area contributed by atoms with Crippen LogP contribution in [0.2, 0.25) is 0 Å². The van der Waals surface area contributed by atoms with E-state index in [0.717, 1.165) is 17.7 Å². The summed E-state index contributed by atoms with van der Waals surface area (Å²) in [6, 6.07) is 6.15. The minimum Gasteiger partial charge on any atom is -0.491 e. The molecule has 2 rings (SSSR count). The molecule has 1 amide bonds. The summed E-state index contributed by atoms with van der Waals surface area (Å²) in [5.41, 5.74) is 1.83. The van der Waals surface area contributed by atoms with E-state index < -0.39 is 12.1 Å². The van der Waals surface area contributed by atoms with E-state index >= 15 is 0 Å². The Balaban J connectivity index is 0.000000381. The smallest absolute Gasteiger partial charge is 0.490 e. The lowest BCUT2D eigenvalue weighted by Crippen LogP contribution is -2.26. The fourth-order valence-electron chi connectivity index (χ4n) is 2.23. The second-order valence-corrected chi connectivity index (χ2v) is 5.34. The number of anilines is 1. The van der Waals surface area contributed by atoms with Gasteiger partial charge in [0.2, 0.25) is 5.91 Å². The Kier molecular flexibility index (Phi) is 6.98. The molecule has 6 nitrogen and oxygen atoms in total. The van der Waals surface area contributed by atoms with Crippen molar-refractivity contribution >= 4 is 17.6 Å². The predicted molar refractivity (Wildman–Crippen MR) is 85.5 cm³/mol. The summed E-state index contributed by atoms with van der Waals surface area (Å²) >= 11 is 0. The van der Waals surface area contributed by atoms with Crippen molar-refractivity contribution in [3.05, 3.63) is 36.4 Å². The Morgan fingerprint density at radius 2 is 2.00 bits per heavy atom. The molecule has 0 aliphatic carbocycles. The summed E-state index contributed by atoms with van der Waals surface area (Å²) in [5, 5.41) is 9.90. The second kappa shape index (κ2) is 8.52. The number of fused-ring (bicyclic) bond motifs is 1. The van der Waals surface area contributed by atoms with Crippen LogP contribution in [-0.4, -0.2) is 48.8 Å². The quantitative estimate of drug-likeness (QED) is 0.811. The van der Waals surface area contributed by atoms with Crippen molar-refractivity contribution in [2.75, 3.05) is 26.0 Å². The van der Waals surface area contributed by atoms with Gasteiger partial charge in [0.05, 0.1) is 12.3 Å². The van der Waals surface area contributed by atoms with Gasteiger partial charge in [-0.2, -0.15) is 13.2 Å². The number of hydrogen-bond acceptors (Lipinski definition) is 4. The number of carboxylic acids is 1. The van der Waals surface area contributed by atoms with Crippen LogP contribution in [0.3, 0.4) is 0 Å². The summed E-state index contributed by atoms with van der Waals surface area (Å²) in [5.74, 6) is -2.20. The molecule has 0 fully saturated rings. The van der Waals surface area contributed by atoms with E-state index in [1.54, 1.807) is 0 Å². The van der Waals surface area contributed by atoms with Gasteiger partial charge in [-0.1, -0.05) is 18.7 Å². The van der Waals surface area contributed by atoms with Crippen molar-refractivity contribution in [1.82, 2.24) is 4.90 Å². The molecule has 25 heavy (non-hydrogen) atoms. The lowest BCUT2D eigenvalue weighted by atomic mass is 9.98. The van der Waals surface area contributed by atoms with Gasteiger partial charge < -0.3 is 20.1 Å². The third kappa shape index (κ3) is 5.79. The minimum absolute atomic E-state index is 0.223. The summed E-state index contributed by atoms with van der Waals surface area (Å²) in [6.07, 6.45) is -2.87. The summed E-state index contributed by atoms with van der Waals surface area (Å²) < 4.78 is 37.4. The number of alkyl halides is 3. The molecule has 1 unspecified atom stereocenters. The van der Waals surface area contributed by atoms with E-state index in [2.05, 4.69) is 30.9 Å². The molecule has 1 aliphatic rings. The van der Waals surface area contributed by atoms with E-state index in [1.165, 1.54) is 6.08 Å². The first-order valence-corrected chi connectivity index (χ1v) is 7.23. The summed E-state index contributed by atoms with van der Waals surface area (Å²) in [7, 11) is 4.10. The maximum absolute atomic E-state index is 11.4. The Bertz CT molecular complexity index is 645. The van der Waals surface area contributed by atoms with E-state index in [0.29, 0.717) is 18.3 Å². The fourth-order valence-corrected chi connectivity index (χ4v) is 2.23. The molecule has 1 heterocycles. The van der Waals surface area contributed by atoms with Crippen molar-refractivity contribution in [3.8, 4) is 5.75 Å². The number of carbonyl (C=O) groups excluding carboxylic acids is 1. The third-order valence-electron chi connectivity index (χ3n) is 3.35. The van der Waals surface area contributed by atoms with Gasteiger partial charge in [0.15, 0.2) is 0 Å². The topological polar surface area (TPSA) is 78.9 Å². The van der Waals surface area contributed by atoms with E-state index in [-0.39, 0.29) is 5.91 Å². The number of aliphatic carboxylic acids is 1. The van der Waals surface area contributed by atoms with Gasteiger partial charge in [0.25, 0.3) is 0 Å². The Morgan fingerprint density at radius 3 is 2.48 bits per heavy atom. The van der Waals surface area contributed by atoms with Gasteiger partial charge in [0.1, 0.15) is 5.75 Å². The van der Waals surface area contributed by atoms with Crippen LogP contribution in [0.1, 0.15) is 18.0 Å². The molecule has 0 bridgehead atoms. The number of halogens is 3. The van der Waals surface area contributed by atoms with Gasteiger partial charge in [-0.3, -0.25) is 4.79 Å². The van der Waals surface area contributed by atoms with Crippen LogP contribution in [0.15, 0.2) is 30.9 Å². The maximum Gasteiger partial charge on any atom is 0.490 e. The molecule has 1 aromatic rings. The molecule has 0 aromatic heterocycles. The number of nitrogens with zero attached hydrogens (tertiary/aromatic N) is 1. The zero-order chi connectivity index (χ0) is 19.2. The number of hydrogen-bond donors (Lipinski definition) is 2. The van der Waals surface area contributed by atoms with Crippen molar-refractivity contribution in [1.29, 1.82) is 0 Å². The van der Waals surface area contributed by atoms with E-state index in [9.17, 15) is 18.0 Å². The third-order valence-corrected chi connectivity index (χ3v) is 3.35. The van der Waals surface area contributed by atoms with Crippen LogP contribution < -0.4 is 10.1 Å². The number of ether oxygens (including phenoxy) is 1. The Labute approximate surface area is 142 Å². The average molecular weight is 360 g/mol. The molecule has 0 saturated heterocycles. The van der Waals surface area contributed by atoms with Crippen LogP contribution in [-0.2, 0) is 9.59 Å². The number of nitrogens with one attached hydrogen (secondary N) is 1. The number of rotatable bonds is 3. The van der Waals surface area contributed by atoms with Crippen LogP contribution in [0.25, 0.3) is 0 Å². The zero-order valence-corrected chi connectivity index (χ0v) is 13.8. The first-order chi connectivity index (χ1) is 11.6. The molecule has 1 atom stereocenters. The highest BCUT2D eigenvalue weighted by atomic mass is 19.4. The fraction of sp³-hybridized carbons (Fsp3) is 0.375. The van der Waals surface area contributed by atoms with Crippen molar-refractivity contribution < 1.29 is 32.6 Å². The standard InChI is InChI=1S/C14H18N2O2.C2HF3O2/c1-4-13(17)15-11-7-5-6-10-12(16(2)3)8-9-18-14(10)11;3-2(4,5)1(6)7/h4-7,12H,1,8-9H2,2-3H3,(H,15,17);(H,6,7). The van der Waals surface area contributed by atoms with Gasteiger partial charge in [-0.05, 0) is 26.2 Å². The molecule has 1 aliphatic heterocycles. The normalized spacial score (nSPS) is 16.0. The molecule has 9 heteroatoms. The molecule has 0 saturated carbocycles. The number of carbonyl (C=O) groups is 2. The first kappa shape index (κ1) is 20.5. The maximum atomic E-state index is 11.4. The molecular formula is C16H19F3N2O4. The SMILES string of the molecule is C=CC(=O)Nc1cccc2c1OCCC2N(C)C.O=C(O)C(F)(F)F. The zero-order valence-electron chi connectivity index (χ0n) is 13.8. The molecule has 0 spiro atoms. The summed E-state index contributed by atoms with van der Waals surface area (Å²) in [4.78, 5) is 22.5. The number of amides is 1. The Morgan fingerprint density at radius 1 is 1.40 bits per heavy atom. The van der Waals surface area contributed by atoms with Gasteiger partial charge in [0, 0.05) is 18.0 Å². The van der Waals surface area contributed by atoms with Crippen LogP contribution in [0.4, 0.5) is 18.9 Å². The first-order valence-electron chi connectivity index (χ1n) is 7.23. The van der Waals surface area contributed by atoms with Crippen LogP contribution in [0, 0.1) is 0 Å². The van der Waals surface area contributed by atoms with Crippen molar-refractivity contribution in [2.24, 2.45) is 0 Å². The number of para-hydroxylation sites is 1. The Hall–Kier alpha value is -2.55. The number of benzene rings is 1. The van der Waals surface area contributed by atoms with E-state index in [4.69, 9.17) is 14.6 Å². The predicted octanol–water partition coefficient (Wildman–Crippen LogP) is 2.83. The van der Waals surface area contributed by atoms with E-state index in [1.807, 2.05) is 18.2 Å². The lowest BCUT2D eigenvalue weighted by molar-refractivity contribution is -0.192. The van der Waals surface area contributed by atoms with Crippen LogP contribution >= 0.6 is 0 Å². The lowest BCUT2D eigenvalue weighted by Gasteiger charge is -2.31. The van der Waals surface area contributed by atoms with Crippen molar-refractivity contribution in [2.45, 2.75) is 18.6 Å².